The number of rotatable bonds is 18. The second-order valence-electron chi connectivity index (χ2n) is 14.6. The summed E-state index contributed by atoms with van der Waals surface area (Å²) in [5.74, 6) is 1.44. The van der Waals surface area contributed by atoms with Gasteiger partial charge in [0.05, 0.1) is 0 Å². The van der Waals surface area contributed by atoms with E-state index in [9.17, 15) is 9.90 Å². The minimum absolute atomic E-state index is 0.0293. The predicted molar refractivity (Wildman–Crippen MR) is 190 cm³/mol. The van der Waals surface area contributed by atoms with Crippen LogP contribution >= 0.6 is 0 Å². The molecule has 4 fully saturated rings. The topological polar surface area (TPSA) is 83.5 Å². The molecule has 4 aliphatic rings. The Hall–Kier alpha value is -1.25. The smallest absolute Gasteiger partial charge is 0.353 e. The Balaban J connectivity index is 1.22. The van der Waals surface area contributed by atoms with E-state index >= 15 is 0 Å². The van der Waals surface area contributed by atoms with Crippen molar-refractivity contribution >= 4 is 25.4 Å². The third-order valence-corrected chi connectivity index (χ3v) is 13.7. The molecule has 0 radical (unpaired) electrons. The number of hydrogen-bond donors (Lipinski definition) is 1. The van der Waals surface area contributed by atoms with Crippen molar-refractivity contribution in [3.05, 3.63) is 42.5 Å². The van der Waals surface area contributed by atoms with Gasteiger partial charge in [0, 0.05) is 13.2 Å². The van der Waals surface area contributed by atoms with Gasteiger partial charge in [-0.1, -0.05) is 26.2 Å². The van der Waals surface area contributed by atoms with Gasteiger partial charge in [0.15, 0.2) is 6.29 Å². The fraction of sp³-hybridized carbons (Fsp3) is 0.775. The first-order valence-corrected chi connectivity index (χ1v) is 21.1. The van der Waals surface area contributed by atoms with Crippen LogP contribution < -0.4 is 4.46 Å². The van der Waals surface area contributed by atoms with Crippen molar-refractivity contribution < 1.29 is 33.6 Å². The van der Waals surface area contributed by atoms with Gasteiger partial charge in [-0.3, -0.25) is 0 Å². The summed E-state index contributed by atoms with van der Waals surface area (Å²) in [6.45, 7) is 3.83. The van der Waals surface area contributed by atoms with Crippen molar-refractivity contribution in [2.75, 3.05) is 20.3 Å². The molecule has 10 atom stereocenters. The number of hydrogen-bond acceptors (Lipinski definition) is 7. The van der Waals surface area contributed by atoms with Gasteiger partial charge in [0.2, 0.25) is 0 Å². The monoisotopic (exact) mass is 734 g/mol. The number of aliphatic hydroxyl groups is 1. The molecular formula is C40H62O7Se. The summed E-state index contributed by atoms with van der Waals surface area (Å²) in [5, 5.41) is 11.4. The Labute approximate surface area is 296 Å². The molecule has 1 aromatic carbocycles. The maximum absolute atomic E-state index is 12.6. The molecule has 1 aromatic rings. The predicted octanol–water partition coefficient (Wildman–Crippen LogP) is 7.52. The normalized spacial score (nSPS) is 32.4. The molecule has 0 bridgehead atoms. The first-order valence-electron chi connectivity index (χ1n) is 19.2. The van der Waals surface area contributed by atoms with E-state index in [1.807, 2.05) is 18.2 Å². The third-order valence-electron chi connectivity index (χ3n) is 11.1. The van der Waals surface area contributed by atoms with Gasteiger partial charge < -0.3 is 4.74 Å². The number of carbonyl (C=O) groups excluding carboxylic acids is 1. The molecule has 1 N–H and O–H groups in total. The van der Waals surface area contributed by atoms with Crippen molar-refractivity contribution in [1.82, 2.24) is 0 Å². The minimum atomic E-state index is -0.404. The fourth-order valence-corrected chi connectivity index (χ4v) is 10.8. The van der Waals surface area contributed by atoms with Crippen LogP contribution in [0.1, 0.15) is 116 Å². The van der Waals surface area contributed by atoms with Crippen molar-refractivity contribution in [1.29, 1.82) is 0 Å². The van der Waals surface area contributed by atoms with E-state index in [4.69, 9.17) is 23.7 Å². The Morgan fingerprint density at radius 2 is 1.73 bits per heavy atom. The Morgan fingerprint density at radius 3 is 2.44 bits per heavy atom. The molecule has 7 nitrogen and oxygen atoms in total. The van der Waals surface area contributed by atoms with Crippen molar-refractivity contribution in [3.8, 4) is 0 Å². The van der Waals surface area contributed by atoms with E-state index in [0.717, 1.165) is 89.8 Å². The van der Waals surface area contributed by atoms with E-state index in [1.165, 1.54) is 43.7 Å². The molecule has 0 amide bonds. The van der Waals surface area contributed by atoms with Gasteiger partial charge in [0.1, 0.15) is 0 Å². The van der Waals surface area contributed by atoms with Crippen LogP contribution in [0.4, 0.5) is 0 Å². The average molecular weight is 734 g/mol. The van der Waals surface area contributed by atoms with Gasteiger partial charge in [-0.05, 0) is 50.9 Å². The Morgan fingerprint density at radius 1 is 0.958 bits per heavy atom. The van der Waals surface area contributed by atoms with Crippen molar-refractivity contribution in [2.24, 2.45) is 23.7 Å². The molecule has 2 saturated heterocycles. The molecule has 0 aromatic heterocycles. The zero-order valence-corrected chi connectivity index (χ0v) is 31.3. The summed E-state index contributed by atoms with van der Waals surface area (Å²) in [5.41, 5.74) is 0. The number of aliphatic hydroxyl groups excluding tert-OH is 1. The van der Waals surface area contributed by atoms with Crippen LogP contribution in [0.2, 0.25) is 4.82 Å². The molecule has 270 valence electrons. The molecular weight excluding hydrogens is 671 g/mol. The Bertz CT molecular complexity index is 1070. The second-order valence-corrected chi connectivity index (χ2v) is 17.3. The fourth-order valence-electron chi connectivity index (χ4n) is 8.45. The van der Waals surface area contributed by atoms with Crippen LogP contribution in [-0.4, -0.2) is 77.2 Å². The van der Waals surface area contributed by atoms with Crippen LogP contribution in [0.25, 0.3) is 0 Å². The zero-order valence-electron chi connectivity index (χ0n) is 29.6. The van der Waals surface area contributed by atoms with Crippen molar-refractivity contribution in [2.45, 2.75) is 152 Å². The van der Waals surface area contributed by atoms with Gasteiger partial charge >= 0.3 is 196 Å². The van der Waals surface area contributed by atoms with E-state index in [0.29, 0.717) is 12.3 Å². The van der Waals surface area contributed by atoms with Crippen LogP contribution in [0, 0.1) is 23.7 Å². The van der Waals surface area contributed by atoms with E-state index in [2.05, 4.69) is 31.2 Å². The van der Waals surface area contributed by atoms with Crippen LogP contribution in [-0.2, 0) is 28.5 Å². The standard InChI is InChI=1S/C40H62O7Se/c1-3-14-29-21-22-30(27-29)35(46-38-19-10-12-25-44-38)24-23-33-32(34(41)28-36(33)47-39-20-11-13-26-45-39)17-8-5-9-18-37(40(42)43-2)48-31-15-6-4-7-16-31/h4,6-7,15-16,23-24,29-30,32-39,41H,3,5,8-14,17-22,25-28H2,1-2H3/t29?,30?,32-,33-,34+,35-,36-,37?,38?,39?/m1/s1. The summed E-state index contributed by atoms with van der Waals surface area (Å²) >= 11 is 0.0504. The number of benzene rings is 1. The molecule has 5 unspecified atom stereocenters. The van der Waals surface area contributed by atoms with E-state index in [-0.39, 0.29) is 62.4 Å². The van der Waals surface area contributed by atoms with Crippen LogP contribution in [0.5, 0.6) is 0 Å². The number of ether oxygens (including phenoxy) is 5. The number of unbranched alkanes of at least 4 members (excludes halogenated alkanes) is 2. The van der Waals surface area contributed by atoms with Crippen LogP contribution in [0.3, 0.4) is 0 Å². The third kappa shape index (κ3) is 11.6. The number of methoxy groups -OCH3 is 1. The zero-order chi connectivity index (χ0) is 33.6. The van der Waals surface area contributed by atoms with E-state index in [1.54, 1.807) is 0 Å². The van der Waals surface area contributed by atoms with Gasteiger partial charge in [-0.15, -0.1) is 0 Å². The number of esters is 1. The second kappa shape index (κ2) is 20.6. The van der Waals surface area contributed by atoms with Gasteiger partial charge in [0.25, 0.3) is 0 Å². The Kier molecular flexibility index (Phi) is 16.3. The maximum atomic E-state index is 12.6. The summed E-state index contributed by atoms with van der Waals surface area (Å²) in [4.78, 5) is 12.5. The summed E-state index contributed by atoms with van der Waals surface area (Å²) in [6.07, 6.45) is 22.0. The molecule has 2 saturated carbocycles. The van der Waals surface area contributed by atoms with E-state index < -0.39 is 6.10 Å². The summed E-state index contributed by atoms with van der Waals surface area (Å²) in [6, 6.07) is 10.3. The SMILES string of the molecule is CCCC1CCC([C@@H](C=C[C@@H]2[C@@H](CCCCCC([Se]c3ccccc3)C(=O)OC)[C@@H](O)C[C@H]2OC2CCCCO2)OC2CCCCO2)C1. The molecule has 2 heterocycles. The minimum Gasteiger partial charge on any atom is -0.353 e. The molecule has 5 rings (SSSR count). The molecule has 2 aliphatic carbocycles. The molecule has 0 spiro atoms. The first kappa shape index (κ1) is 38.0. The van der Waals surface area contributed by atoms with Gasteiger partial charge in [-0.2, -0.15) is 0 Å². The quantitative estimate of drug-likeness (QED) is 0.0724. The first-order chi connectivity index (χ1) is 23.5. The summed E-state index contributed by atoms with van der Waals surface area (Å²) in [7, 11) is 1.50. The molecule has 48 heavy (non-hydrogen) atoms. The summed E-state index contributed by atoms with van der Waals surface area (Å²) < 4.78 is 31.8. The van der Waals surface area contributed by atoms with Gasteiger partial charge in [-0.25, -0.2) is 0 Å². The molecule has 8 heteroatoms. The average Bonchev–Trinajstić information content (AvgIpc) is 3.70. The number of carbonyl (C=O) groups is 1. The van der Waals surface area contributed by atoms with Crippen LogP contribution in [0.15, 0.2) is 42.5 Å². The molecule has 2 aliphatic heterocycles. The van der Waals surface area contributed by atoms with Crippen molar-refractivity contribution in [3.63, 3.8) is 0 Å².